The molecule has 2 fully saturated rings. The maximum absolute atomic E-state index is 14.0. The number of halogens is 2. The lowest BCUT2D eigenvalue weighted by Crippen LogP contribution is -2.52. The maximum atomic E-state index is 14.0. The SMILES string of the molecule is CNc1cc(OCC(=O)N2CCN(CCn3c(C(=O)O)c(CCCOc4cccc5cc(F)ccc45)c4ccc(Cl)c(-c5c(C)nn(C)c5C)c43)CC2)c2c(c1)C(=O)N(C1CCC(=O)NC1=O)C2. The highest BCUT2D eigenvalue weighted by atomic mass is 35.5. The predicted molar refractivity (Wildman–Crippen MR) is 254 cm³/mol. The monoisotopic (exact) mass is 946 g/mol. The van der Waals surface area contributed by atoms with Gasteiger partial charge < -0.3 is 34.3 Å². The predicted octanol–water partition coefficient (Wildman–Crippen LogP) is 6.34. The summed E-state index contributed by atoms with van der Waals surface area (Å²) >= 11 is 7.07. The number of piperidine rings is 1. The van der Waals surface area contributed by atoms with Crippen LogP contribution in [0, 0.1) is 19.7 Å². The van der Waals surface area contributed by atoms with Crippen molar-refractivity contribution in [1.82, 2.24) is 34.4 Å². The average molecular weight is 947 g/mol. The van der Waals surface area contributed by atoms with Gasteiger partial charge in [-0.05, 0) is 80.5 Å². The number of nitrogens with one attached hydrogen (secondary N) is 2. The van der Waals surface area contributed by atoms with Gasteiger partial charge in [-0.25, -0.2) is 9.18 Å². The topological polar surface area (TPSA) is 181 Å². The number of anilines is 1. The number of aromatic nitrogens is 3. The van der Waals surface area contributed by atoms with Crippen LogP contribution in [0.1, 0.15) is 62.6 Å². The molecule has 0 bridgehead atoms. The highest BCUT2D eigenvalue weighted by molar-refractivity contribution is 6.35. The van der Waals surface area contributed by atoms with Crippen LogP contribution < -0.4 is 20.1 Å². The molecule has 0 aliphatic carbocycles. The number of nitrogens with zero attached hydrogens (tertiary/aromatic N) is 6. The van der Waals surface area contributed by atoms with E-state index >= 15 is 0 Å². The lowest BCUT2D eigenvalue weighted by atomic mass is 9.98. The van der Waals surface area contributed by atoms with Gasteiger partial charge in [0.1, 0.15) is 29.1 Å². The number of carboxylic acid groups (broad SMARTS) is 1. The standard InChI is InChI=1S/C50H52ClFN8O8/c1-28-44(29(2)56(4)55-28)45-38(51)13-12-35-34(8-6-22-67-40-9-5-7-30-23-31(52)10-11-33(30)40)47(50(65)66)59(46(35)45)21-18-57-16-19-58(20-17-57)43(62)27-68-41-25-32(53-3)24-36-37(41)26-60(49(36)64)39-14-15-42(61)54-48(39)63/h5,7,9-13,23-25,39,53H,6,8,14-22,26-27H2,1-4H3,(H,65,66)(H,54,61,63). The van der Waals surface area contributed by atoms with Crippen molar-refractivity contribution in [3.05, 3.63) is 105 Å². The van der Waals surface area contributed by atoms with Crippen molar-refractivity contribution in [2.75, 3.05) is 58.3 Å². The number of piperazine rings is 1. The van der Waals surface area contributed by atoms with Gasteiger partial charge in [0.05, 0.1) is 34.9 Å². The van der Waals surface area contributed by atoms with Gasteiger partial charge in [0.25, 0.3) is 11.8 Å². The smallest absolute Gasteiger partial charge is 0.352 e. The van der Waals surface area contributed by atoms with Gasteiger partial charge in [-0.2, -0.15) is 5.10 Å². The van der Waals surface area contributed by atoms with Gasteiger partial charge in [-0.15, -0.1) is 0 Å². The number of aryl methyl sites for hydroxylation is 3. The van der Waals surface area contributed by atoms with Gasteiger partial charge in [-0.1, -0.05) is 29.8 Å². The molecule has 0 spiro atoms. The second-order valence-electron chi connectivity index (χ2n) is 17.5. The minimum absolute atomic E-state index is 0.105. The van der Waals surface area contributed by atoms with Crippen LogP contribution in [-0.2, 0) is 40.9 Å². The molecule has 16 nitrogen and oxygen atoms in total. The zero-order valence-electron chi connectivity index (χ0n) is 38.3. The van der Waals surface area contributed by atoms with E-state index in [0.717, 1.165) is 38.7 Å². The molecule has 4 amide bonds. The van der Waals surface area contributed by atoms with E-state index in [4.69, 9.17) is 21.1 Å². The molecule has 3 aliphatic heterocycles. The van der Waals surface area contributed by atoms with E-state index in [0.29, 0.717) is 103 Å². The number of fused-ring (bicyclic) bond motifs is 3. The van der Waals surface area contributed by atoms with Crippen molar-refractivity contribution in [1.29, 1.82) is 0 Å². The van der Waals surface area contributed by atoms with E-state index < -0.39 is 17.9 Å². The quantitative estimate of drug-likeness (QED) is 0.0773. The first-order chi connectivity index (χ1) is 32.7. The van der Waals surface area contributed by atoms with Crippen LogP contribution >= 0.6 is 11.6 Å². The molecule has 1 atom stereocenters. The lowest BCUT2D eigenvalue weighted by Gasteiger charge is -2.35. The molecule has 2 saturated heterocycles. The van der Waals surface area contributed by atoms with E-state index in [1.807, 2.05) is 55.8 Å². The van der Waals surface area contributed by atoms with Crippen LogP contribution in [-0.4, -0.2) is 123 Å². The number of aromatic carboxylic acids is 1. The number of carboxylic acids is 1. The average Bonchev–Trinajstić information content (AvgIpc) is 3.91. The number of hydrogen-bond acceptors (Lipinski definition) is 10. The Hall–Kier alpha value is -6.98. The van der Waals surface area contributed by atoms with Crippen LogP contribution in [0.25, 0.3) is 32.8 Å². The fourth-order valence-corrected chi connectivity index (χ4v) is 10.2. The lowest BCUT2D eigenvalue weighted by molar-refractivity contribution is -0.137. The van der Waals surface area contributed by atoms with Crippen LogP contribution in [0.3, 0.4) is 0 Å². The molecular weight excluding hydrogens is 895 g/mol. The Balaban J connectivity index is 0.904. The van der Waals surface area contributed by atoms with Crippen molar-refractivity contribution >= 4 is 68.6 Å². The van der Waals surface area contributed by atoms with E-state index in [1.54, 1.807) is 34.8 Å². The third kappa shape index (κ3) is 8.71. The fourth-order valence-electron chi connectivity index (χ4n) is 9.96. The number of imide groups is 1. The number of carbonyl (C=O) groups is 5. The van der Waals surface area contributed by atoms with E-state index in [-0.39, 0.29) is 55.2 Å². The molecule has 5 heterocycles. The normalized spacial score (nSPS) is 16.4. The van der Waals surface area contributed by atoms with E-state index in [1.165, 1.54) is 17.0 Å². The van der Waals surface area contributed by atoms with Crippen LogP contribution in [0.4, 0.5) is 10.1 Å². The molecule has 68 heavy (non-hydrogen) atoms. The Labute approximate surface area is 396 Å². The van der Waals surface area contributed by atoms with Crippen LogP contribution in [0.15, 0.2) is 60.7 Å². The first-order valence-electron chi connectivity index (χ1n) is 22.7. The summed E-state index contributed by atoms with van der Waals surface area (Å²) in [6.45, 7) is 6.73. The molecule has 3 N–H and O–H groups in total. The Morgan fingerprint density at radius 3 is 2.46 bits per heavy atom. The molecule has 9 rings (SSSR count). The largest absolute Gasteiger partial charge is 0.493 e. The van der Waals surface area contributed by atoms with Crippen molar-refractivity contribution in [3.8, 4) is 22.6 Å². The summed E-state index contributed by atoms with van der Waals surface area (Å²) in [5, 5.41) is 23.8. The number of carbonyl (C=O) groups excluding carboxylic acids is 4. The molecule has 0 saturated carbocycles. The summed E-state index contributed by atoms with van der Waals surface area (Å²) in [7, 11) is 3.58. The Morgan fingerprint density at radius 2 is 1.74 bits per heavy atom. The Morgan fingerprint density at radius 1 is 0.956 bits per heavy atom. The summed E-state index contributed by atoms with van der Waals surface area (Å²) in [6, 6.07) is 16.4. The summed E-state index contributed by atoms with van der Waals surface area (Å²) in [5.41, 5.74) is 6.32. The number of rotatable bonds is 15. The molecule has 354 valence electrons. The van der Waals surface area contributed by atoms with Crippen molar-refractivity contribution in [2.45, 2.75) is 58.7 Å². The molecule has 4 aromatic carbocycles. The summed E-state index contributed by atoms with van der Waals surface area (Å²) < 4.78 is 30.0. The van der Waals surface area contributed by atoms with Crippen molar-refractivity contribution in [2.24, 2.45) is 7.05 Å². The second kappa shape index (κ2) is 19.0. The minimum Gasteiger partial charge on any atom is -0.493 e. The molecule has 3 aliphatic rings. The zero-order valence-corrected chi connectivity index (χ0v) is 39.0. The van der Waals surface area contributed by atoms with E-state index in [9.17, 15) is 33.5 Å². The number of benzene rings is 4. The summed E-state index contributed by atoms with van der Waals surface area (Å²) in [6.07, 6.45) is 1.26. The van der Waals surface area contributed by atoms with Gasteiger partial charge in [0.15, 0.2) is 6.61 Å². The van der Waals surface area contributed by atoms with Crippen LogP contribution in [0.5, 0.6) is 11.5 Å². The van der Waals surface area contributed by atoms with Gasteiger partial charge in [0.2, 0.25) is 11.8 Å². The third-order valence-corrected chi connectivity index (χ3v) is 13.8. The van der Waals surface area contributed by atoms with Crippen molar-refractivity contribution < 1.29 is 42.9 Å². The highest BCUT2D eigenvalue weighted by Crippen LogP contribution is 2.42. The van der Waals surface area contributed by atoms with Crippen molar-refractivity contribution in [3.63, 3.8) is 0 Å². The molecular formula is C50H52ClFN8O8. The molecule has 18 heteroatoms. The van der Waals surface area contributed by atoms with Gasteiger partial charge in [0, 0.05) is 105 Å². The molecule has 1 unspecified atom stereocenters. The second-order valence-corrected chi connectivity index (χ2v) is 17.9. The third-order valence-electron chi connectivity index (χ3n) is 13.5. The number of amides is 4. The maximum Gasteiger partial charge on any atom is 0.352 e. The summed E-state index contributed by atoms with van der Waals surface area (Å²) in [4.78, 5) is 70.4. The fraction of sp³-hybridized carbons (Fsp3) is 0.360. The van der Waals surface area contributed by atoms with Gasteiger partial charge in [-0.3, -0.25) is 34.1 Å². The zero-order chi connectivity index (χ0) is 48.0. The minimum atomic E-state index is -1.07. The van der Waals surface area contributed by atoms with Gasteiger partial charge >= 0.3 is 5.97 Å². The number of ether oxygens (including phenoxy) is 2. The number of hydrogen-bond donors (Lipinski definition) is 3. The first-order valence-corrected chi connectivity index (χ1v) is 23.1. The van der Waals surface area contributed by atoms with Crippen LogP contribution in [0.2, 0.25) is 5.02 Å². The first kappa shape index (κ1) is 46.1. The Bertz CT molecular complexity index is 3030. The highest BCUT2D eigenvalue weighted by Gasteiger charge is 2.41. The molecule has 6 aromatic rings. The summed E-state index contributed by atoms with van der Waals surface area (Å²) in [5.74, 6) is -1.87. The molecule has 0 radical (unpaired) electrons. The molecule has 2 aromatic heterocycles. The Kier molecular flexibility index (Phi) is 12.9. The van der Waals surface area contributed by atoms with E-state index in [2.05, 4.69) is 20.6 Å².